The second-order valence-corrected chi connectivity index (χ2v) is 5.30. The van der Waals surface area contributed by atoms with Crippen molar-refractivity contribution >= 4 is 11.7 Å². The van der Waals surface area contributed by atoms with Crippen molar-refractivity contribution < 1.29 is 18.7 Å². The molecule has 7 heteroatoms. The van der Waals surface area contributed by atoms with Gasteiger partial charge >= 0.3 is 0 Å². The van der Waals surface area contributed by atoms with Gasteiger partial charge in [0.05, 0.1) is 11.6 Å². The van der Waals surface area contributed by atoms with Crippen molar-refractivity contribution in [3.05, 3.63) is 53.7 Å². The quantitative estimate of drug-likeness (QED) is 0.796. The first-order valence-electron chi connectivity index (χ1n) is 7.03. The lowest BCUT2D eigenvalue weighted by Crippen LogP contribution is -2.22. The number of carbonyl (C=O) groups is 2. The first kappa shape index (κ1) is 15.1. The molecule has 1 atom stereocenters. The van der Waals surface area contributed by atoms with Crippen molar-refractivity contribution in [2.45, 2.75) is 12.5 Å². The highest BCUT2D eigenvalue weighted by Crippen LogP contribution is 2.24. The second-order valence-electron chi connectivity index (χ2n) is 5.30. The second kappa shape index (κ2) is 6.12. The topological polar surface area (TPSA) is 72.4 Å². The van der Waals surface area contributed by atoms with Gasteiger partial charge in [0.2, 0.25) is 11.7 Å². The molecule has 6 nitrogen and oxygen atoms in total. The van der Waals surface area contributed by atoms with E-state index in [1.165, 1.54) is 23.4 Å². The molecule has 1 fully saturated rings. The van der Waals surface area contributed by atoms with E-state index in [0.717, 1.165) is 5.56 Å². The fraction of sp³-hybridized carbons (Fsp3) is 0.250. The Hall–Kier alpha value is -2.83. The number of nitrogens with zero attached hydrogens (tertiary/aromatic N) is 3. The Morgan fingerprint density at radius 2 is 2.00 bits per heavy atom. The average molecular weight is 315 g/mol. The molecule has 2 aromatic rings. The maximum atomic E-state index is 12.9. The first-order chi connectivity index (χ1) is 11.0. The molecular weight excluding hydrogens is 301 g/mol. The summed E-state index contributed by atoms with van der Waals surface area (Å²) in [6.07, 6.45) is 1.30. The summed E-state index contributed by atoms with van der Waals surface area (Å²) in [5, 5.41) is 0. The maximum Gasteiger partial charge on any atom is 0.290 e. The molecule has 118 valence electrons. The Labute approximate surface area is 131 Å². The van der Waals surface area contributed by atoms with Crippen LogP contribution < -0.4 is 4.74 Å². The van der Waals surface area contributed by atoms with Gasteiger partial charge in [0.15, 0.2) is 0 Å². The van der Waals surface area contributed by atoms with Crippen LogP contribution in [0.4, 0.5) is 4.39 Å². The summed E-state index contributed by atoms with van der Waals surface area (Å²) in [7, 11) is 1.58. The monoisotopic (exact) mass is 315 g/mol. The molecule has 1 amide bonds. The van der Waals surface area contributed by atoms with E-state index in [1.807, 2.05) is 0 Å². The van der Waals surface area contributed by atoms with Gasteiger partial charge in [-0.2, -0.15) is 0 Å². The van der Waals surface area contributed by atoms with Crippen molar-refractivity contribution in [3.63, 3.8) is 0 Å². The van der Waals surface area contributed by atoms with Crippen molar-refractivity contribution in [1.82, 2.24) is 14.9 Å². The number of hydrogen-bond donors (Lipinski definition) is 0. The van der Waals surface area contributed by atoms with Gasteiger partial charge in [0.25, 0.3) is 5.91 Å². The SMILES string of the molecule is CN1CC(c2cc(OCc3ccc(F)cc3)ncn2)C(=O)C1=O. The molecule has 0 aliphatic carbocycles. The highest BCUT2D eigenvalue weighted by molar-refractivity contribution is 6.40. The molecule has 2 heterocycles. The Morgan fingerprint density at radius 1 is 1.26 bits per heavy atom. The van der Waals surface area contributed by atoms with E-state index in [2.05, 4.69) is 9.97 Å². The molecule has 1 aromatic carbocycles. The van der Waals surface area contributed by atoms with Crippen LogP contribution in [0.25, 0.3) is 0 Å². The predicted octanol–water partition coefficient (Wildman–Crippen LogP) is 1.32. The minimum absolute atomic E-state index is 0.216. The number of carbonyl (C=O) groups excluding carboxylic acids is 2. The minimum Gasteiger partial charge on any atom is -0.473 e. The van der Waals surface area contributed by atoms with Crippen molar-refractivity contribution in [1.29, 1.82) is 0 Å². The molecular formula is C16H14FN3O3. The Kier molecular flexibility index (Phi) is 4.01. The number of likely N-dealkylation sites (tertiary alicyclic amines) is 1. The summed E-state index contributed by atoms with van der Waals surface area (Å²) in [5.41, 5.74) is 1.25. The Morgan fingerprint density at radius 3 is 2.65 bits per heavy atom. The largest absolute Gasteiger partial charge is 0.473 e. The van der Waals surface area contributed by atoms with Gasteiger partial charge in [-0.25, -0.2) is 14.4 Å². The van der Waals surface area contributed by atoms with Gasteiger partial charge in [0, 0.05) is 19.7 Å². The van der Waals surface area contributed by atoms with Crippen LogP contribution in [0.5, 0.6) is 5.88 Å². The number of aromatic nitrogens is 2. The normalized spacial score (nSPS) is 17.7. The molecule has 23 heavy (non-hydrogen) atoms. The highest BCUT2D eigenvalue weighted by atomic mass is 19.1. The highest BCUT2D eigenvalue weighted by Gasteiger charge is 2.38. The standard InChI is InChI=1S/C16H14FN3O3/c1-20-7-12(15(21)16(20)22)13-6-14(19-9-18-13)23-8-10-2-4-11(17)5-3-10/h2-6,9,12H,7-8H2,1H3. The van der Waals surface area contributed by atoms with Gasteiger partial charge in [-0.1, -0.05) is 12.1 Å². The number of amides is 1. The van der Waals surface area contributed by atoms with Crippen molar-refractivity contribution in [3.8, 4) is 5.88 Å². The van der Waals surface area contributed by atoms with Crippen LogP contribution in [0.2, 0.25) is 0 Å². The van der Waals surface area contributed by atoms with E-state index < -0.39 is 17.6 Å². The molecule has 1 aromatic heterocycles. The first-order valence-corrected chi connectivity index (χ1v) is 7.03. The Bertz CT molecular complexity index is 748. The van der Waals surface area contributed by atoms with E-state index in [-0.39, 0.29) is 12.4 Å². The molecule has 0 radical (unpaired) electrons. The van der Waals surface area contributed by atoms with Gasteiger partial charge in [-0.05, 0) is 17.7 Å². The third kappa shape index (κ3) is 3.18. The molecule has 3 rings (SSSR count). The lowest BCUT2D eigenvalue weighted by molar-refractivity contribution is -0.139. The summed E-state index contributed by atoms with van der Waals surface area (Å²) in [4.78, 5) is 32.9. The summed E-state index contributed by atoms with van der Waals surface area (Å²) >= 11 is 0. The molecule has 1 aliphatic heterocycles. The summed E-state index contributed by atoms with van der Waals surface area (Å²) in [6, 6.07) is 7.49. The molecule has 1 aliphatic rings. The lowest BCUT2D eigenvalue weighted by Gasteiger charge is -2.10. The number of benzene rings is 1. The summed E-state index contributed by atoms with van der Waals surface area (Å²) in [6.45, 7) is 0.514. The molecule has 0 N–H and O–H groups in total. The van der Waals surface area contributed by atoms with E-state index in [4.69, 9.17) is 4.74 Å². The van der Waals surface area contributed by atoms with Gasteiger partial charge in [0.1, 0.15) is 18.8 Å². The molecule has 0 saturated carbocycles. The maximum absolute atomic E-state index is 12.9. The predicted molar refractivity (Wildman–Crippen MR) is 78.1 cm³/mol. The fourth-order valence-corrected chi connectivity index (χ4v) is 2.37. The van der Waals surface area contributed by atoms with Crippen LogP contribution in [0.15, 0.2) is 36.7 Å². The smallest absolute Gasteiger partial charge is 0.290 e. The Balaban J connectivity index is 1.71. The number of hydrogen-bond acceptors (Lipinski definition) is 5. The zero-order valence-electron chi connectivity index (χ0n) is 12.4. The zero-order chi connectivity index (χ0) is 16.4. The van der Waals surface area contributed by atoms with Gasteiger partial charge in [-0.3, -0.25) is 9.59 Å². The van der Waals surface area contributed by atoms with Crippen molar-refractivity contribution in [2.24, 2.45) is 0 Å². The minimum atomic E-state index is -0.594. The fourth-order valence-electron chi connectivity index (χ4n) is 2.37. The van der Waals surface area contributed by atoms with E-state index in [9.17, 15) is 14.0 Å². The lowest BCUT2D eigenvalue weighted by atomic mass is 10.0. The van der Waals surface area contributed by atoms with Gasteiger partial charge in [-0.15, -0.1) is 0 Å². The van der Waals surface area contributed by atoms with Crippen LogP contribution in [-0.2, 0) is 16.2 Å². The molecule has 1 unspecified atom stereocenters. The number of likely N-dealkylation sites (N-methyl/N-ethyl adjacent to an activating group) is 1. The van der Waals surface area contributed by atoms with Crippen LogP contribution in [-0.4, -0.2) is 40.2 Å². The van der Waals surface area contributed by atoms with Crippen LogP contribution in [0, 0.1) is 5.82 Å². The van der Waals surface area contributed by atoms with Crippen LogP contribution in [0.1, 0.15) is 17.2 Å². The summed E-state index contributed by atoms with van der Waals surface area (Å²) in [5.74, 6) is -1.59. The van der Waals surface area contributed by atoms with Crippen LogP contribution >= 0.6 is 0 Å². The molecule has 0 spiro atoms. The molecule has 1 saturated heterocycles. The van der Waals surface area contributed by atoms with Crippen molar-refractivity contribution in [2.75, 3.05) is 13.6 Å². The number of Topliss-reactive ketones (excluding diaryl/α,β-unsaturated/α-hetero) is 1. The van der Waals surface area contributed by atoms with Gasteiger partial charge < -0.3 is 9.64 Å². The third-order valence-corrected chi connectivity index (χ3v) is 3.65. The average Bonchev–Trinajstić information content (AvgIpc) is 2.82. The van der Waals surface area contributed by atoms with E-state index in [0.29, 0.717) is 18.1 Å². The number of ketones is 1. The zero-order valence-corrected chi connectivity index (χ0v) is 12.4. The third-order valence-electron chi connectivity index (χ3n) is 3.65. The van der Waals surface area contributed by atoms with Crippen LogP contribution in [0.3, 0.4) is 0 Å². The number of ether oxygens (including phenoxy) is 1. The molecule has 0 bridgehead atoms. The van der Waals surface area contributed by atoms with E-state index in [1.54, 1.807) is 25.2 Å². The number of rotatable bonds is 4. The summed E-state index contributed by atoms with van der Waals surface area (Å²) < 4.78 is 18.4. The van der Waals surface area contributed by atoms with E-state index >= 15 is 0 Å². The number of halogens is 1.